The number of hydrogen-bond donors (Lipinski definition) is 1. The zero-order valence-corrected chi connectivity index (χ0v) is 11.6. The van der Waals surface area contributed by atoms with E-state index in [2.05, 4.69) is 21.8 Å². The van der Waals surface area contributed by atoms with Crippen molar-refractivity contribution in [2.45, 2.75) is 19.4 Å². The Morgan fingerprint density at radius 1 is 1.19 bits per heavy atom. The average molecular weight is 280 g/mol. The van der Waals surface area contributed by atoms with Gasteiger partial charge in [-0.15, -0.1) is 0 Å². The first-order valence-electron chi connectivity index (χ1n) is 6.91. The van der Waals surface area contributed by atoms with Crippen LogP contribution in [-0.4, -0.2) is 20.6 Å². The number of carbonyl (C=O) groups is 1. The molecule has 4 heteroatoms. The monoisotopic (exact) mass is 280 g/mol. The maximum atomic E-state index is 10.8. The molecule has 3 aromatic rings. The molecular weight excluding hydrogens is 264 g/mol. The average Bonchev–Trinajstić information content (AvgIpc) is 2.85. The molecule has 0 bridgehead atoms. The highest BCUT2D eigenvalue weighted by Crippen LogP contribution is 2.23. The molecule has 2 aromatic heterocycles. The summed E-state index contributed by atoms with van der Waals surface area (Å²) in [6.45, 7) is 0.738. The molecule has 0 fully saturated rings. The van der Waals surface area contributed by atoms with Gasteiger partial charge in [0.25, 0.3) is 0 Å². The van der Waals surface area contributed by atoms with Gasteiger partial charge in [0.1, 0.15) is 0 Å². The number of aliphatic carboxylic acids is 1. The number of rotatable bonds is 5. The molecule has 3 rings (SSSR count). The van der Waals surface area contributed by atoms with Crippen molar-refractivity contribution in [1.29, 1.82) is 0 Å². The Kier molecular flexibility index (Phi) is 3.69. The number of aryl methyl sites for hydroxylation is 1. The van der Waals surface area contributed by atoms with Crippen LogP contribution in [0.4, 0.5) is 0 Å². The third-order valence-corrected chi connectivity index (χ3v) is 3.56. The Bertz CT molecular complexity index is 763. The van der Waals surface area contributed by atoms with E-state index in [-0.39, 0.29) is 6.42 Å². The van der Waals surface area contributed by atoms with Gasteiger partial charge in [0.15, 0.2) is 0 Å². The molecule has 106 valence electrons. The second-order valence-corrected chi connectivity index (χ2v) is 5.05. The first kappa shape index (κ1) is 13.4. The Labute approximate surface area is 122 Å². The van der Waals surface area contributed by atoms with Crippen LogP contribution in [0.15, 0.2) is 55.0 Å². The van der Waals surface area contributed by atoms with Crippen molar-refractivity contribution in [3.05, 3.63) is 66.1 Å². The van der Waals surface area contributed by atoms with E-state index >= 15 is 0 Å². The van der Waals surface area contributed by atoms with E-state index in [1.165, 1.54) is 0 Å². The molecular formula is C17H16N2O2. The van der Waals surface area contributed by atoms with E-state index in [1.807, 2.05) is 36.5 Å². The Morgan fingerprint density at radius 3 is 2.81 bits per heavy atom. The van der Waals surface area contributed by atoms with E-state index in [0.29, 0.717) is 6.42 Å². The fourth-order valence-electron chi connectivity index (χ4n) is 2.58. The minimum atomic E-state index is -0.765. The first-order valence-corrected chi connectivity index (χ1v) is 6.91. The van der Waals surface area contributed by atoms with Crippen molar-refractivity contribution in [3.63, 3.8) is 0 Å². The lowest BCUT2D eigenvalue weighted by molar-refractivity contribution is -0.136. The van der Waals surface area contributed by atoms with Crippen LogP contribution >= 0.6 is 0 Å². The van der Waals surface area contributed by atoms with Gasteiger partial charge in [0, 0.05) is 42.5 Å². The molecule has 0 saturated carbocycles. The maximum Gasteiger partial charge on any atom is 0.303 e. The summed E-state index contributed by atoms with van der Waals surface area (Å²) in [6.07, 6.45) is 6.37. The number of aromatic nitrogens is 2. The topological polar surface area (TPSA) is 55.1 Å². The van der Waals surface area contributed by atoms with Crippen LogP contribution in [0.2, 0.25) is 0 Å². The Morgan fingerprint density at radius 2 is 2.05 bits per heavy atom. The standard InChI is InChI=1S/C17H16N2O2/c20-17(21)8-7-14-12-19(11-13-4-3-9-18-10-13)16-6-2-1-5-15(14)16/h1-6,9-10,12H,7-8,11H2,(H,20,21). The molecule has 0 saturated heterocycles. The third kappa shape index (κ3) is 2.94. The summed E-state index contributed by atoms with van der Waals surface area (Å²) in [7, 11) is 0. The van der Waals surface area contributed by atoms with E-state index in [0.717, 1.165) is 28.6 Å². The highest BCUT2D eigenvalue weighted by atomic mass is 16.4. The van der Waals surface area contributed by atoms with Crippen LogP contribution in [0.25, 0.3) is 10.9 Å². The van der Waals surface area contributed by atoms with E-state index in [4.69, 9.17) is 5.11 Å². The molecule has 1 aromatic carbocycles. The van der Waals surface area contributed by atoms with E-state index < -0.39 is 5.97 Å². The molecule has 21 heavy (non-hydrogen) atoms. The summed E-state index contributed by atoms with van der Waals surface area (Å²) in [5, 5.41) is 10.0. The van der Waals surface area contributed by atoms with Gasteiger partial charge in [0.2, 0.25) is 0 Å². The van der Waals surface area contributed by atoms with Gasteiger partial charge in [0.05, 0.1) is 0 Å². The van der Waals surface area contributed by atoms with Crippen LogP contribution < -0.4 is 0 Å². The number of hydrogen-bond acceptors (Lipinski definition) is 2. The fraction of sp³-hybridized carbons (Fsp3) is 0.176. The normalized spacial score (nSPS) is 10.9. The molecule has 0 atom stereocenters. The molecule has 0 aliphatic carbocycles. The minimum Gasteiger partial charge on any atom is -0.481 e. The lowest BCUT2D eigenvalue weighted by atomic mass is 10.1. The molecule has 1 N–H and O–H groups in total. The highest BCUT2D eigenvalue weighted by Gasteiger charge is 2.09. The quantitative estimate of drug-likeness (QED) is 0.781. The summed E-state index contributed by atoms with van der Waals surface area (Å²) in [4.78, 5) is 14.9. The lowest BCUT2D eigenvalue weighted by Gasteiger charge is -2.04. The van der Waals surface area contributed by atoms with Crippen LogP contribution in [0.5, 0.6) is 0 Å². The van der Waals surface area contributed by atoms with Crippen molar-refractivity contribution in [2.24, 2.45) is 0 Å². The van der Waals surface area contributed by atoms with E-state index in [1.54, 1.807) is 6.20 Å². The fourth-order valence-corrected chi connectivity index (χ4v) is 2.58. The van der Waals surface area contributed by atoms with Crippen molar-refractivity contribution in [3.8, 4) is 0 Å². The number of fused-ring (bicyclic) bond motifs is 1. The van der Waals surface area contributed by atoms with Gasteiger partial charge in [-0.3, -0.25) is 9.78 Å². The summed E-state index contributed by atoms with van der Waals surface area (Å²) >= 11 is 0. The summed E-state index contributed by atoms with van der Waals surface area (Å²) in [6, 6.07) is 12.1. The lowest BCUT2D eigenvalue weighted by Crippen LogP contribution is -1.99. The molecule has 0 spiro atoms. The van der Waals surface area contributed by atoms with Gasteiger partial charge in [-0.05, 0) is 29.7 Å². The summed E-state index contributed by atoms with van der Waals surface area (Å²) < 4.78 is 2.16. The molecule has 0 amide bonds. The van der Waals surface area contributed by atoms with Gasteiger partial charge >= 0.3 is 5.97 Å². The maximum absolute atomic E-state index is 10.8. The Hall–Kier alpha value is -2.62. The predicted molar refractivity (Wildman–Crippen MR) is 81.2 cm³/mol. The smallest absolute Gasteiger partial charge is 0.303 e. The molecule has 0 aliphatic rings. The highest BCUT2D eigenvalue weighted by molar-refractivity contribution is 5.84. The van der Waals surface area contributed by atoms with Gasteiger partial charge in [-0.1, -0.05) is 24.3 Å². The molecule has 4 nitrogen and oxygen atoms in total. The zero-order valence-electron chi connectivity index (χ0n) is 11.6. The zero-order chi connectivity index (χ0) is 14.7. The van der Waals surface area contributed by atoms with Crippen molar-refractivity contribution >= 4 is 16.9 Å². The first-order chi connectivity index (χ1) is 10.2. The predicted octanol–water partition coefficient (Wildman–Crippen LogP) is 3.10. The number of pyridine rings is 1. The second kappa shape index (κ2) is 5.79. The number of nitrogens with zero attached hydrogens (tertiary/aromatic N) is 2. The van der Waals surface area contributed by atoms with E-state index in [9.17, 15) is 4.79 Å². The summed E-state index contributed by atoms with van der Waals surface area (Å²) in [5.41, 5.74) is 3.33. The largest absolute Gasteiger partial charge is 0.481 e. The van der Waals surface area contributed by atoms with Crippen molar-refractivity contribution in [1.82, 2.24) is 9.55 Å². The SMILES string of the molecule is O=C(O)CCc1cn(Cc2cccnc2)c2ccccc12. The van der Waals surface area contributed by atoms with Gasteiger partial charge in [-0.25, -0.2) is 0 Å². The van der Waals surface area contributed by atoms with Crippen molar-refractivity contribution < 1.29 is 9.90 Å². The number of carboxylic acid groups (broad SMARTS) is 1. The Balaban J connectivity index is 1.96. The van der Waals surface area contributed by atoms with Crippen LogP contribution in [0.3, 0.4) is 0 Å². The van der Waals surface area contributed by atoms with Crippen LogP contribution in [0, 0.1) is 0 Å². The summed E-state index contributed by atoms with van der Waals surface area (Å²) in [5.74, 6) is -0.765. The molecule has 0 aliphatic heterocycles. The van der Waals surface area contributed by atoms with Gasteiger partial charge in [-0.2, -0.15) is 0 Å². The number of benzene rings is 1. The van der Waals surface area contributed by atoms with Gasteiger partial charge < -0.3 is 9.67 Å². The second-order valence-electron chi connectivity index (χ2n) is 5.05. The molecule has 2 heterocycles. The minimum absolute atomic E-state index is 0.154. The number of para-hydroxylation sites is 1. The molecule has 0 radical (unpaired) electrons. The number of carboxylic acids is 1. The van der Waals surface area contributed by atoms with Crippen molar-refractivity contribution in [2.75, 3.05) is 0 Å². The molecule has 0 unspecified atom stereocenters. The third-order valence-electron chi connectivity index (χ3n) is 3.56. The van der Waals surface area contributed by atoms with Crippen LogP contribution in [0.1, 0.15) is 17.5 Å². The van der Waals surface area contributed by atoms with Crippen LogP contribution in [-0.2, 0) is 17.8 Å².